The van der Waals surface area contributed by atoms with E-state index in [0.29, 0.717) is 23.3 Å². The molecule has 0 spiro atoms. The molecule has 26 heavy (non-hydrogen) atoms. The van der Waals surface area contributed by atoms with E-state index in [-0.39, 0.29) is 11.8 Å². The van der Waals surface area contributed by atoms with Crippen molar-refractivity contribution in [2.45, 2.75) is 26.2 Å². The van der Waals surface area contributed by atoms with Crippen LogP contribution in [0.3, 0.4) is 0 Å². The van der Waals surface area contributed by atoms with Crippen LogP contribution < -0.4 is 5.32 Å². The second kappa shape index (κ2) is 8.17. The van der Waals surface area contributed by atoms with Gasteiger partial charge in [-0.2, -0.15) is 5.26 Å². The van der Waals surface area contributed by atoms with Gasteiger partial charge in [0, 0.05) is 17.5 Å². The van der Waals surface area contributed by atoms with E-state index in [4.69, 9.17) is 4.42 Å². The van der Waals surface area contributed by atoms with Gasteiger partial charge in [-0.05, 0) is 12.0 Å². The summed E-state index contributed by atoms with van der Waals surface area (Å²) in [6.45, 7) is 2.03. The highest BCUT2D eigenvalue weighted by atomic mass is 16.4. The second-order valence-electron chi connectivity index (χ2n) is 6.01. The van der Waals surface area contributed by atoms with Crippen LogP contribution >= 0.6 is 0 Å². The Balaban J connectivity index is 2.11. The zero-order chi connectivity index (χ0) is 18.4. The first-order valence-electron chi connectivity index (χ1n) is 8.72. The summed E-state index contributed by atoms with van der Waals surface area (Å²) in [5, 5.41) is 12.5. The summed E-state index contributed by atoms with van der Waals surface area (Å²) in [7, 11) is 0. The maximum atomic E-state index is 12.2. The van der Waals surface area contributed by atoms with Gasteiger partial charge in [0.15, 0.2) is 0 Å². The average Bonchev–Trinajstić information content (AvgIpc) is 3.05. The van der Waals surface area contributed by atoms with Crippen molar-refractivity contribution in [3.05, 3.63) is 66.2 Å². The number of nitrogens with one attached hydrogen (secondary N) is 1. The zero-order valence-corrected chi connectivity index (χ0v) is 14.7. The van der Waals surface area contributed by atoms with Crippen LogP contribution in [-0.2, 0) is 4.79 Å². The average molecular weight is 344 g/mol. The lowest BCUT2D eigenvalue weighted by Gasteiger charge is -2.03. The zero-order valence-electron chi connectivity index (χ0n) is 14.7. The summed E-state index contributed by atoms with van der Waals surface area (Å²) in [4.78, 5) is 12.2. The van der Waals surface area contributed by atoms with Crippen LogP contribution in [0.4, 0.5) is 5.88 Å². The molecule has 3 rings (SSSR count). The van der Waals surface area contributed by atoms with Gasteiger partial charge in [-0.15, -0.1) is 0 Å². The molecule has 0 saturated heterocycles. The van der Waals surface area contributed by atoms with Crippen molar-refractivity contribution in [1.82, 2.24) is 0 Å². The third-order valence-corrected chi connectivity index (χ3v) is 4.13. The highest BCUT2D eigenvalue weighted by molar-refractivity contribution is 5.95. The molecular weight excluding hydrogens is 324 g/mol. The Morgan fingerprint density at radius 2 is 1.65 bits per heavy atom. The van der Waals surface area contributed by atoms with Gasteiger partial charge in [-0.1, -0.05) is 74.0 Å². The molecule has 0 saturated carbocycles. The lowest BCUT2D eigenvalue weighted by atomic mass is 9.98. The molecule has 1 heterocycles. The number of nitriles is 1. The molecule has 1 N–H and O–H groups in total. The van der Waals surface area contributed by atoms with Crippen LogP contribution in [0, 0.1) is 11.3 Å². The molecule has 3 aromatic rings. The van der Waals surface area contributed by atoms with Crippen molar-refractivity contribution in [3.8, 4) is 28.5 Å². The van der Waals surface area contributed by atoms with E-state index < -0.39 is 0 Å². The number of amides is 1. The lowest BCUT2D eigenvalue weighted by Crippen LogP contribution is -2.11. The number of benzene rings is 2. The van der Waals surface area contributed by atoms with E-state index in [2.05, 4.69) is 11.4 Å². The predicted molar refractivity (Wildman–Crippen MR) is 102 cm³/mol. The van der Waals surface area contributed by atoms with Gasteiger partial charge in [-0.3, -0.25) is 10.1 Å². The van der Waals surface area contributed by atoms with Crippen molar-refractivity contribution in [2.24, 2.45) is 0 Å². The molecule has 4 nitrogen and oxygen atoms in total. The molecule has 130 valence electrons. The number of hydrogen-bond donors (Lipinski definition) is 1. The lowest BCUT2D eigenvalue weighted by molar-refractivity contribution is -0.116. The van der Waals surface area contributed by atoms with E-state index in [9.17, 15) is 10.1 Å². The summed E-state index contributed by atoms with van der Waals surface area (Å²) in [5.41, 5.74) is 2.78. The first-order chi connectivity index (χ1) is 12.7. The minimum absolute atomic E-state index is 0.142. The number of carbonyl (C=O) groups excluding carboxylic acids is 1. The topological polar surface area (TPSA) is 66.0 Å². The number of anilines is 1. The van der Waals surface area contributed by atoms with E-state index in [1.165, 1.54) is 0 Å². The third kappa shape index (κ3) is 3.68. The van der Waals surface area contributed by atoms with Crippen LogP contribution in [0.15, 0.2) is 65.1 Å². The highest BCUT2D eigenvalue weighted by Crippen LogP contribution is 2.41. The number of nitrogens with zero attached hydrogens (tertiary/aromatic N) is 1. The number of furan rings is 1. The molecule has 0 aliphatic rings. The van der Waals surface area contributed by atoms with E-state index in [1.54, 1.807) is 0 Å². The number of unbranched alkanes of at least 4 members (excludes halogenated alkanes) is 1. The van der Waals surface area contributed by atoms with Crippen LogP contribution in [-0.4, -0.2) is 5.91 Å². The predicted octanol–water partition coefficient (Wildman–Crippen LogP) is 5.61. The number of carbonyl (C=O) groups is 1. The van der Waals surface area contributed by atoms with E-state index in [1.807, 2.05) is 67.6 Å². The van der Waals surface area contributed by atoms with Gasteiger partial charge >= 0.3 is 0 Å². The van der Waals surface area contributed by atoms with Gasteiger partial charge in [-0.25, -0.2) is 0 Å². The third-order valence-electron chi connectivity index (χ3n) is 4.13. The summed E-state index contributed by atoms with van der Waals surface area (Å²) in [6.07, 6.45) is 2.14. The first kappa shape index (κ1) is 17.5. The molecule has 0 unspecified atom stereocenters. The largest absolute Gasteiger partial charge is 0.438 e. The van der Waals surface area contributed by atoms with Crippen LogP contribution in [0.5, 0.6) is 0 Å². The summed E-state index contributed by atoms with van der Waals surface area (Å²) in [5.74, 6) is 0.654. The van der Waals surface area contributed by atoms with Crippen molar-refractivity contribution in [3.63, 3.8) is 0 Å². The minimum atomic E-state index is -0.142. The molecule has 4 heteroatoms. The number of hydrogen-bond acceptors (Lipinski definition) is 3. The van der Waals surface area contributed by atoms with Gasteiger partial charge in [0.1, 0.15) is 17.4 Å². The molecule has 1 aromatic heterocycles. The molecule has 1 amide bonds. The summed E-state index contributed by atoms with van der Waals surface area (Å²) < 4.78 is 5.97. The van der Waals surface area contributed by atoms with Crippen LogP contribution in [0.2, 0.25) is 0 Å². The normalized spacial score (nSPS) is 10.3. The fourth-order valence-electron chi connectivity index (χ4n) is 2.83. The van der Waals surface area contributed by atoms with Crippen LogP contribution in [0.25, 0.3) is 22.5 Å². The van der Waals surface area contributed by atoms with Crippen molar-refractivity contribution < 1.29 is 9.21 Å². The number of rotatable bonds is 6. The van der Waals surface area contributed by atoms with E-state index in [0.717, 1.165) is 24.0 Å². The molecule has 2 aromatic carbocycles. The van der Waals surface area contributed by atoms with Crippen molar-refractivity contribution in [2.75, 3.05) is 5.32 Å². The minimum Gasteiger partial charge on any atom is -0.438 e. The van der Waals surface area contributed by atoms with Crippen molar-refractivity contribution in [1.29, 1.82) is 5.26 Å². The Kier molecular flexibility index (Phi) is 5.50. The van der Waals surface area contributed by atoms with Gasteiger partial charge in [0.25, 0.3) is 0 Å². The molecule has 0 aliphatic carbocycles. The molecule has 0 bridgehead atoms. The van der Waals surface area contributed by atoms with E-state index >= 15 is 0 Å². The summed E-state index contributed by atoms with van der Waals surface area (Å²) in [6, 6.07) is 21.4. The standard InChI is InChI=1S/C22H20N2O2/c1-2-3-14-19(25)24-22-18(15-23)20(16-10-6-4-7-11-16)21(26-22)17-12-8-5-9-13-17/h4-13H,2-3,14H2,1H3,(H,24,25). The molecule has 0 atom stereocenters. The Labute approximate surface area is 153 Å². The van der Waals surface area contributed by atoms with Gasteiger partial charge in [0.2, 0.25) is 11.8 Å². The second-order valence-corrected chi connectivity index (χ2v) is 6.01. The molecule has 0 aliphatic heterocycles. The maximum absolute atomic E-state index is 12.2. The Bertz CT molecular complexity index is 922. The van der Waals surface area contributed by atoms with Gasteiger partial charge < -0.3 is 4.42 Å². The first-order valence-corrected chi connectivity index (χ1v) is 8.72. The SMILES string of the molecule is CCCCC(=O)Nc1oc(-c2ccccc2)c(-c2ccccc2)c1C#N. The fraction of sp³-hybridized carbons (Fsp3) is 0.182. The Morgan fingerprint density at radius 3 is 2.23 bits per heavy atom. The monoisotopic (exact) mass is 344 g/mol. The Hall–Kier alpha value is -3.32. The summed E-state index contributed by atoms with van der Waals surface area (Å²) >= 11 is 0. The molecule has 0 radical (unpaired) electrons. The van der Waals surface area contributed by atoms with Crippen LogP contribution in [0.1, 0.15) is 31.7 Å². The van der Waals surface area contributed by atoms with Gasteiger partial charge in [0.05, 0.1) is 0 Å². The van der Waals surface area contributed by atoms with Crippen molar-refractivity contribution >= 4 is 11.8 Å². The highest BCUT2D eigenvalue weighted by Gasteiger charge is 2.23. The molecule has 0 fully saturated rings. The quantitative estimate of drug-likeness (QED) is 0.631. The molecular formula is C22H20N2O2. The maximum Gasteiger partial charge on any atom is 0.226 e. The Morgan fingerprint density at radius 1 is 1.04 bits per heavy atom. The smallest absolute Gasteiger partial charge is 0.226 e. The fourth-order valence-corrected chi connectivity index (χ4v) is 2.83.